The average Bonchev–Trinajstić information content (AvgIpc) is 2.68. The number of allylic oxidation sites excluding steroid dienone is 1. The van der Waals surface area contributed by atoms with Crippen LogP contribution in [0.1, 0.15) is 27.2 Å². The number of hydrogen-bond acceptors (Lipinski definition) is 5. The number of rotatable bonds is 1. The Morgan fingerprint density at radius 1 is 1.67 bits per heavy atom. The van der Waals surface area contributed by atoms with Crippen LogP contribution in [0.25, 0.3) is 0 Å². The first kappa shape index (κ1) is 13.4. The Bertz CT molecular complexity index is 412. The highest BCUT2D eigenvalue weighted by atomic mass is 32.2. The van der Waals surface area contributed by atoms with Crippen LogP contribution in [0.2, 0.25) is 0 Å². The number of nitrogens with zero attached hydrogens (tertiary/aromatic N) is 2. The van der Waals surface area contributed by atoms with E-state index in [1.807, 2.05) is 20.8 Å². The van der Waals surface area contributed by atoms with Gasteiger partial charge in [-0.1, -0.05) is 11.8 Å². The van der Waals surface area contributed by atoms with Gasteiger partial charge in [0.1, 0.15) is 11.0 Å². The third-order valence-corrected chi connectivity index (χ3v) is 3.62. The molecule has 2 aliphatic rings. The van der Waals surface area contributed by atoms with Gasteiger partial charge in [-0.3, -0.25) is 9.89 Å². The molecule has 2 aliphatic heterocycles. The largest absolute Gasteiger partial charge is 0.443 e. The van der Waals surface area contributed by atoms with Gasteiger partial charge in [-0.25, -0.2) is 4.79 Å². The molecule has 0 bridgehead atoms. The van der Waals surface area contributed by atoms with Crippen LogP contribution in [0.5, 0.6) is 0 Å². The summed E-state index contributed by atoms with van der Waals surface area (Å²) in [6.07, 6.45) is 2.16. The Morgan fingerprint density at radius 3 is 3.00 bits per heavy atom. The van der Waals surface area contributed by atoms with E-state index in [4.69, 9.17) is 9.84 Å². The van der Waals surface area contributed by atoms with Crippen LogP contribution in [0.15, 0.2) is 16.1 Å². The number of amides is 1. The van der Waals surface area contributed by atoms with Gasteiger partial charge in [-0.2, -0.15) is 0 Å². The van der Waals surface area contributed by atoms with E-state index >= 15 is 0 Å². The monoisotopic (exact) mass is 270 g/mol. The maximum atomic E-state index is 11.9. The van der Waals surface area contributed by atoms with Gasteiger partial charge in [0.15, 0.2) is 0 Å². The Hall–Kier alpha value is -1.01. The molecule has 100 valence electrons. The lowest BCUT2D eigenvalue weighted by Gasteiger charge is -2.27. The van der Waals surface area contributed by atoms with Crippen molar-refractivity contribution in [2.45, 2.75) is 38.2 Å². The lowest BCUT2D eigenvalue weighted by molar-refractivity contribution is 0.0336. The quantitative estimate of drug-likeness (QED) is 0.791. The molecule has 0 aromatic heterocycles. The molecule has 0 saturated carbocycles. The van der Waals surface area contributed by atoms with E-state index in [2.05, 4.69) is 4.99 Å². The molecule has 0 spiro atoms. The topological polar surface area (TPSA) is 62.1 Å². The summed E-state index contributed by atoms with van der Waals surface area (Å²) >= 11 is 1.49. The summed E-state index contributed by atoms with van der Waals surface area (Å²) in [7, 11) is 0. The minimum Gasteiger partial charge on any atom is -0.443 e. The molecule has 0 aromatic carbocycles. The SMILES string of the molecule is CC(C)(C)OC(=O)N1C=C2SC(CO)N=C2CC1. The summed E-state index contributed by atoms with van der Waals surface area (Å²) in [5.41, 5.74) is 0.499. The van der Waals surface area contributed by atoms with E-state index in [-0.39, 0.29) is 18.1 Å². The summed E-state index contributed by atoms with van der Waals surface area (Å²) in [6, 6.07) is 0. The second-order valence-electron chi connectivity index (χ2n) is 5.25. The molecular formula is C12H18N2O3S. The molecular weight excluding hydrogens is 252 g/mol. The van der Waals surface area contributed by atoms with Crippen molar-refractivity contribution in [1.82, 2.24) is 4.90 Å². The maximum absolute atomic E-state index is 11.9. The molecule has 0 radical (unpaired) electrons. The molecule has 0 fully saturated rings. The Kier molecular flexibility index (Phi) is 3.68. The number of thioether (sulfide) groups is 1. The van der Waals surface area contributed by atoms with Crippen molar-refractivity contribution < 1.29 is 14.6 Å². The van der Waals surface area contributed by atoms with E-state index < -0.39 is 5.60 Å². The Morgan fingerprint density at radius 2 is 2.39 bits per heavy atom. The number of aliphatic imine (C=N–C) groups is 1. The molecule has 0 aromatic rings. The Labute approximate surface area is 111 Å². The summed E-state index contributed by atoms with van der Waals surface area (Å²) in [5, 5.41) is 8.96. The van der Waals surface area contributed by atoms with E-state index in [1.54, 1.807) is 11.1 Å². The number of hydrogen-bond donors (Lipinski definition) is 1. The molecule has 18 heavy (non-hydrogen) atoms. The molecule has 0 saturated heterocycles. The number of fused-ring (bicyclic) bond motifs is 1. The molecule has 1 N–H and O–H groups in total. The number of aliphatic hydroxyl groups is 1. The molecule has 2 rings (SSSR count). The molecule has 1 unspecified atom stereocenters. The van der Waals surface area contributed by atoms with Gasteiger partial charge in [-0.15, -0.1) is 0 Å². The van der Waals surface area contributed by atoms with Crippen LogP contribution in [0.3, 0.4) is 0 Å². The molecule has 1 atom stereocenters. The first-order valence-electron chi connectivity index (χ1n) is 5.95. The van der Waals surface area contributed by atoms with Crippen molar-refractivity contribution in [3.63, 3.8) is 0 Å². The zero-order valence-electron chi connectivity index (χ0n) is 10.8. The van der Waals surface area contributed by atoms with Gasteiger partial charge in [0.25, 0.3) is 0 Å². The predicted octanol–water partition coefficient (Wildman–Crippen LogP) is 1.97. The van der Waals surface area contributed by atoms with Crippen molar-refractivity contribution in [2.24, 2.45) is 4.99 Å². The van der Waals surface area contributed by atoms with Crippen molar-refractivity contribution in [3.05, 3.63) is 11.1 Å². The van der Waals surface area contributed by atoms with Gasteiger partial charge in [-0.05, 0) is 20.8 Å². The highest BCUT2D eigenvalue weighted by Gasteiger charge is 2.30. The lowest BCUT2D eigenvalue weighted by atomic mass is 10.2. The van der Waals surface area contributed by atoms with Gasteiger partial charge >= 0.3 is 6.09 Å². The fourth-order valence-electron chi connectivity index (χ4n) is 1.75. The van der Waals surface area contributed by atoms with Crippen LogP contribution in [-0.2, 0) is 4.74 Å². The summed E-state index contributed by atoms with van der Waals surface area (Å²) < 4.78 is 5.32. The number of ether oxygens (including phenoxy) is 1. The van der Waals surface area contributed by atoms with Crippen LogP contribution < -0.4 is 0 Å². The fraction of sp³-hybridized carbons (Fsp3) is 0.667. The number of carbonyl (C=O) groups excluding carboxylic acids is 1. The second-order valence-corrected chi connectivity index (χ2v) is 6.47. The van der Waals surface area contributed by atoms with E-state index in [1.165, 1.54) is 11.8 Å². The molecule has 2 heterocycles. The zero-order valence-corrected chi connectivity index (χ0v) is 11.7. The average molecular weight is 270 g/mol. The van der Waals surface area contributed by atoms with Gasteiger partial charge in [0.05, 0.1) is 12.3 Å². The second kappa shape index (κ2) is 4.93. The van der Waals surface area contributed by atoms with Gasteiger partial charge in [0, 0.05) is 24.1 Å². The first-order valence-corrected chi connectivity index (χ1v) is 6.83. The van der Waals surface area contributed by atoms with Crippen LogP contribution in [0, 0.1) is 0 Å². The maximum Gasteiger partial charge on any atom is 0.414 e. The first-order chi connectivity index (χ1) is 8.39. The lowest BCUT2D eigenvalue weighted by Crippen LogP contribution is -2.36. The molecule has 5 nitrogen and oxygen atoms in total. The number of carbonyl (C=O) groups is 1. The third kappa shape index (κ3) is 3.05. The van der Waals surface area contributed by atoms with Crippen molar-refractivity contribution in [2.75, 3.05) is 13.2 Å². The summed E-state index contributed by atoms with van der Waals surface area (Å²) in [5.74, 6) is 0. The zero-order chi connectivity index (χ0) is 13.3. The van der Waals surface area contributed by atoms with Gasteiger partial charge < -0.3 is 9.84 Å². The standard InChI is InChI=1S/C12H18N2O3S/c1-12(2,3)17-11(16)14-5-4-8-9(6-14)18-10(7-15)13-8/h6,10,15H,4-5,7H2,1-3H3. The Balaban J connectivity index is 2.05. The van der Waals surface area contributed by atoms with Crippen molar-refractivity contribution >= 4 is 23.6 Å². The van der Waals surface area contributed by atoms with E-state index in [0.717, 1.165) is 10.6 Å². The smallest absolute Gasteiger partial charge is 0.414 e. The highest BCUT2D eigenvalue weighted by Crippen LogP contribution is 2.35. The van der Waals surface area contributed by atoms with Crippen LogP contribution in [-0.4, -0.2) is 45.9 Å². The van der Waals surface area contributed by atoms with Gasteiger partial charge in [0.2, 0.25) is 0 Å². The fourth-order valence-corrected chi connectivity index (χ4v) is 2.77. The molecule has 1 amide bonds. The molecule has 0 aliphatic carbocycles. The van der Waals surface area contributed by atoms with Crippen molar-refractivity contribution in [3.8, 4) is 0 Å². The van der Waals surface area contributed by atoms with Crippen LogP contribution >= 0.6 is 11.8 Å². The van der Waals surface area contributed by atoms with E-state index in [0.29, 0.717) is 13.0 Å². The third-order valence-electron chi connectivity index (χ3n) is 2.49. The predicted molar refractivity (Wildman–Crippen MR) is 71.5 cm³/mol. The summed E-state index contributed by atoms with van der Waals surface area (Å²) in [4.78, 5) is 18.8. The molecule has 6 heteroatoms. The highest BCUT2D eigenvalue weighted by molar-refractivity contribution is 8.05. The summed E-state index contributed by atoms with van der Waals surface area (Å²) in [6.45, 7) is 6.15. The minimum absolute atomic E-state index is 0.0257. The normalized spacial score (nSPS) is 23.3. The van der Waals surface area contributed by atoms with E-state index in [9.17, 15) is 4.79 Å². The number of aliphatic hydroxyl groups excluding tert-OH is 1. The minimum atomic E-state index is -0.486. The van der Waals surface area contributed by atoms with Crippen LogP contribution in [0.4, 0.5) is 4.79 Å². The van der Waals surface area contributed by atoms with Crippen molar-refractivity contribution in [1.29, 1.82) is 0 Å².